The van der Waals surface area contributed by atoms with Crippen molar-refractivity contribution in [1.82, 2.24) is 0 Å². The number of carbonyl (C=O) groups is 1. The van der Waals surface area contributed by atoms with Crippen LogP contribution in [-0.4, -0.2) is 43.1 Å². The first-order valence-electron chi connectivity index (χ1n) is 8.95. The Morgan fingerprint density at radius 3 is 2.46 bits per heavy atom. The van der Waals surface area contributed by atoms with Crippen molar-refractivity contribution in [3.63, 3.8) is 0 Å². The summed E-state index contributed by atoms with van der Waals surface area (Å²) in [5.74, 6) is -0.628. The second-order valence-corrected chi connectivity index (χ2v) is 7.16. The number of hydrogen-bond donors (Lipinski definition) is 2. The fourth-order valence-corrected chi connectivity index (χ4v) is 3.50. The summed E-state index contributed by atoms with van der Waals surface area (Å²) < 4.78 is 13.1. The number of nitrogens with zero attached hydrogens (tertiary/aromatic N) is 2. The van der Waals surface area contributed by atoms with Crippen LogP contribution in [0.15, 0.2) is 42.5 Å². The molecule has 1 fully saturated rings. The van der Waals surface area contributed by atoms with Gasteiger partial charge in [0.25, 0.3) is 11.6 Å². The van der Waals surface area contributed by atoms with Crippen molar-refractivity contribution in [3.05, 3.63) is 63.4 Å². The molecule has 0 bridgehead atoms. The quantitative estimate of drug-likeness (QED) is 0.587. The summed E-state index contributed by atoms with van der Waals surface area (Å²) >= 11 is 5.97. The highest BCUT2D eigenvalue weighted by atomic mass is 35.5. The molecule has 0 unspecified atom stereocenters. The van der Waals surface area contributed by atoms with Crippen LogP contribution in [0.2, 0.25) is 5.02 Å². The van der Waals surface area contributed by atoms with E-state index < -0.39 is 10.7 Å². The van der Waals surface area contributed by atoms with Gasteiger partial charge in [0.1, 0.15) is 5.82 Å². The Hall–Kier alpha value is -2.71. The Morgan fingerprint density at radius 2 is 1.89 bits per heavy atom. The molecule has 2 N–H and O–H groups in total. The van der Waals surface area contributed by atoms with E-state index in [9.17, 15) is 19.3 Å². The van der Waals surface area contributed by atoms with Crippen LogP contribution in [0.4, 0.5) is 21.5 Å². The lowest BCUT2D eigenvalue weighted by Gasteiger charge is -2.36. The minimum absolute atomic E-state index is 0.0674. The van der Waals surface area contributed by atoms with Crippen molar-refractivity contribution in [1.29, 1.82) is 0 Å². The van der Waals surface area contributed by atoms with E-state index in [1.807, 2.05) is 6.92 Å². The van der Waals surface area contributed by atoms with E-state index in [0.717, 1.165) is 42.8 Å². The van der Waals surface area contributed by atoms with E-state index in [4.69, 9.17) is 11.6 Å². The Morgan fingerprint density at radius 1 is 1.25 bits per heavy atom. The van der Waals surface area contributed by atoms with E-state index in [1.165, 1.54) is 24.3 Å². The second kappa shape index (κ2) is 8.53. The molecule has 1 atom stereocenters. The number of rotatable bonds is 5. The Kier molecular flexibility index (Phi) is 6.11. The molecule has 1 heterocycles. The van der Waals surface area contributed by atoms with Crippen molar-refractivity contribution in [2.75, 3.05) is 36.4 Å². The van der Waals surface area contributed by atoms with Crippen LogP contribution in [0.3, 0.4) is 0 Å². The average Bonchev–Trinajstić information content (AvgIpc) is 2.69. The van der Waals surface area contributed by atoms with Gasteiger partial charge in [0.15, 0.2) is 6.04 Å². The predicted octanol–water partition coefficient (Wildman–Crippen LogP) is 2.12. The zero-order chi connectivity index (χ0) is 20.3. The van der Waals surface area contributed by atoms with Crippen LogP contribution in [0, 0.1) is 15.9 Å². The highest BCUT2D eigenvalue weighted by Gasteiger charge is 2.29. The molecule has 2 aromatic carbocycles. The minimum atomic E-state index is -0.455. The number of carbonyl (C=O) groups excluding carboxylic acids is 1. The number of nitrogens with one attached hydrogen (secondary N) is 2. The summed E-state index contributed by atoms with van der Waals surface area (Å²) in [5.41, 5.74) is 1.39. The van der Waals surface area contributed by atoms with Gasteiger partial charge in [-0.15, -0.1) is 0 Å². The first kappa shape index (κ1) is 20.0. The summed E-state index contributed by atoms with van der Waals surface area (Å²) in [4.78, 5) is 26.2. The smallest absolute Gasteiger partial charge is 0.282 e. The molecule has 148 valence electrons. The van der Waals surface area contributed by atoms with Crippen molar-refractivity contribution < 1.29 is 19.0 Å². The zero-order valence-electron chi connectivity index (χ0n) is 15.3. The number of halogens is 2. The Bertz CT molecular complexity index is 870. The summed E-state index contributed by atoms with van der Waals surface area (Å²) in [7, 11) is 0. The molecule has 2 aromatic rings. The van der Waals surface area contributed by atoms with Gasteiger partial charge in [-0.05, 0) is 37.3 Å². The topological polar surface area (TPSA) is 79.9 Å². The summed E-state index contributed by atoms with van der Waals surface area (Å²) in [6, 6.07) is 10.1. The third-order valence-corrected chi connectivity index (χ3v) is 5.34. The molecule has 0 aromatic heterocycles. The number of piperazine rings is 1. The molecular formula is C19H21ClFN4O3+. The Balaban J connectivity index is 1.56. The number of non-ortho nitro benzene ring substituents is 1. The van der Waals surface area contributed by atoms with Crippen LogP contribution in [0.1, 0.15) is 6.92 Å². The van der Waals surface area contributed by atoms with Gasteiger partial charge < -0.3 is 15.1 Å². The number of amides is 1. The third kappa shape index (κ3) is 4.58. The van der Waals surface area contributed by atoms with Gasteiger partial charge >= 0.3 is 0 Å². The summed E-state index contributed by atoms with van der Waals surface area (Å²) in [5, 5.41) is 13.7. The van der Waals surface area contributed by atoms with Gasteiger partial charge in [-0.2, -0.15) is 0 Å². The van der Waals surface area contributed by atoms with E-state index in [1.54, 1.807) is 12.1 Å². The maximum Gasteiger partial charge on any atom is 0.282 e. The molecule has 3 rings (SSSR count). The normalized spacial score (nSPS) is 15.9. The van der Waals surface area contributed by atoms with Crippen molar-refractivity contribution in [2.45, 2.75) is 13.0 Å². The molecule has 1 saturated heterocycles. The molecule has 0 saturated carbocycles. The molecule has 9 heteroatoms. The van der Waals surface area contributed by atoms with Crippen molar-refractivity contribution in [2.24, 2.45) is 0 Å². The summed E-state index contributed by atoms with van der Waals surface area (Å²) in [6.45, 7) is 4.83. The fourth-order valence-electron chi connectivity index (χ4n) is 3.29. The average molecular weight is 408 g/mol. The fraction of sp³-hybridized carbons (Fsp3) is 0.316. The number of quaternary nitrogens is 1. The van der Waals surface area contributed by atoms with E-state index in [0.29, 0.717) is 5.69 Å². The van der Waals surface area contributed by atoms with Crippen LogP contribution in [-0.2, 0) is 4.79 Å². The third-order valence-electron chi connectivity index (χ3n) is 5.03. The maximum atomic E-state index is 13.1. The molecule has 0 spiro atoms. The van der Waals surface area contributed by atoms with Crippen LogP contribution in [0.25, 0.3) is 0 Å². The second-order valence-electron chi connectivity index (χ2n) is 6.75. The SMILES string of the molecule is C[C@H](C(=O)Nc1ccc(F)cc1Cl)[NH+]1CCN(c2ccc([N+](=O)[O-])cc2)CC1. The molecule has 0 aliphatic carbocycles. The van der Waals surface area contributed by atoms with Crippen molar-refractivity contribution >= 4 is 34.6 Å². The largest absolute Gasteiger partial charge is 0.360 e. The first-order chi connectivity index (χ1) is 13.3. The Labute approximate surface area is 166 Å². The predicted molar refractivity (Wildman–Crippen MR) is 106 cm³/mol. The van der Waals surface area contributed by atoms with Crippen molar-refractivity contribution in [3.8, 4) is 0 Å². The lowest BCUT2D eigenvalue weighted by molar-refractivity contribution is -0.914. The number of nitro groups is 1. The lowest BCUT2D eigenvalue weighted by atomic mass is 10.2. The standard InChI is InChI=1S/C19H20ClFN4O3/c1-13(19(26)22-18-7-2-14(21)12-17(18)20)23-8-10-24(11-9-23)15-3-5-16(6-4-15)25(27)28/h2-7,12-13H,8-11H2,1H3,(H,22,26)/p+1/t13-/m1/s1. The van der Waals surface area contributed by atoms with Crippen LogP contribution in [0.5, 0.6) is 0 Å². The highest BCUT2D eigenvalue weighted by Crippen LogP contribution is 2.22. The molecule has 1 aliphatic rings. The van der Waals surface area contributed by atoms with E-state index in [-0.39, 0.29) is 22.7 Å². The lowest BCUT2D eigenvalue weighted by Crippen LogP contribution is -3.19. The number of nitro benzene ring substituents is 1. The van der Waals surface area contributed by atoms with E-state index in [2.05, 4.69) is 10.2 Å². The summed E-state index contributed by atoms with van der Waals surface area (Å²) in [6.07, 6.45) is 0. The van der Waals surface area contributed by atoms with E-state index >= 15 is 0 Å². The molecule has 7 nitrogen and oxygen atoms in total. The molecular weight excluding hydrogens is 387 g/mol. The molecule has 1 amide bonds. The highest BCUT2D eigenvalue weighted by molar-refractivity contribution is 6.33. The van der Waals surface area contributed by atoms with Gasteiger partial charge in [-0.1, -0.05) is 11.6 Å². The van der Waals surface area contributed by atoms with Gasteiger partial charge in [0, 0.05) is 17.8 Å². The number of anilines is 2. The van der Waals surface area contributed by atoms with Gasteiger partial charge in [0.05, 0.1) is 41.8 Å². The van der Waals surface area contributed by atoms with Gasteiger partial charge in [-0.3, -0.25) is 14.9 Å². The van der Waals surface area contributed by atoms with Crippen LogP contribution >= 0.6 is 11.6 Å². The molecule has 0 radical (unpaired) electrons. The van der Waals surface area contributed by atoms with Gasteiger partial charge in [-0.25, -0.2) is 4.39 Å². The first-order valence-corrected chi connectivity index (χ1v) is 9.33. The zero-order valence-corrected chi connectivity index (χ0v) is 16.1. The minimum Gasteiger partial charge on any atom is -0.360 e. The number of benzene rings is 2. The van der Waals surface area contributed by atoms with Gasteiger partial charge in [0.2, 0.25) is 0 Å². The molecule has 28 heavy (non-hydrogen) atoms. The molecule has 1 aliphatic heterocycles. The number of hydrogen-bond acceptors (Lipinski definition) is 4. The monoisotopic (exact) mass is 407 g/mol. The van der Waals surface area contributed by atoms with Crippen LogP contribution < -0.4 is 15.1 Å². The maximum absolute atomic E-state index is 13.1.